The largest absolute Gasteiger partial charge is 0.494 e. The van der Waals surface area contributed by atoms with Crippen molar-refractivity contribution < 1.29 is 5.11 Å². The lowest BCUT2D eigenvalue weighted by molar-refractivity contribution is 0.249. The predicted octanol–water partition coefficient (Wildman–Crippen LogP) is 5.86. The third-order valence-corrected chi connectivity index (χ3v) is 5.88. The molecule has 130 valence electrons. The first-order valence-corrected chi connectivity index (χ1v) is 9.39. The van der Waals surface area contributed by atoms with Crippen molar-refractivity contribution in [1.29, 1.82) is 0 Å². The van der Waals surface area contributed by atoms with Crippen LogP contribution in [-0.4, -0.2) is 14.7 Å². The number of aromatic nitrogens is 2. The Hall–Kier alpha value is -2.29. The van der Waals surface area contributed by atoms with Crippen molar-refractivity contribution in [3.8, 4) is 17.0 Å². The molecular formula is C22H26N2O. The third-order valence-electron chi connectivity index (χ3n) is 5.88. The van der Waals surface area contributed by atoms with Crippen molar-refractivity contribution in [3.05, 3.63) is 48.4 Å². The Morgan fingerprint density at radius 2 is 1.96 bits per heavy atom. The maximum Gasteiger partial charge on any atom is 0.199 e. The van der Waals surface area contributed by atoms with E-state index < -0.39 is 0 Å². The average Bonchev–Trinajstić information content (AvgIpc) is 2.99. The average molecular weight is 334 g/mol. The van der Waals surface area contributed by atoms with Gasteiger partial charge in [-0.2, -0.15) is 0 Å². The molecule has 1 aromatic carbocycles. The molecule has 2 aromatic heterocycles. The molecule has 1 aliphatic rings. The molecule has 0 bridgehead atoms. The highest BCUT2D eigenvalue weighted by atomic mass is 16.3. The molecule has 0 aliphatic heterocycles. The molecule has 1 aliphatic carbocycles. The molecule has 3 nitrogen and oxygen atoms in total. The van der Waals surface area contributed by atoms with E-state index in [1.165, 1.54) is 32.1 Å². The van der Waals surface area contributed by atoms with Crippen molar-refractivity contribution in [3.63, 3.8) is 0 Å². The molecule has 0 saturated heterocycles. The Bertz CT molecular complexity index is 876. The molecule has 1 atom stereocenters. The molecule has 0 unspecified atom stereocenters. The molecule has 2 heterocycles. The lowest BCUT2D eigenvalue weighted by Crippen LogP contribution is -2.18. The summed E-state index contributed by atoms with van der Waals surface area (Å²) in [5.74, 6) is 1.09. The topological polar surface area (TPSA) is 38.0 Å². The molecule has 4 rings (SSSR count). The standard InChI is InChI=1S/C22H26N2O/c1-15-11-19(18-9-6-10-23-13-18)12-20-14-24(22(25)21(15)20)16(2)17-7-4-3-5-8-17/h6,9-14,16-17,25H,3-5,7-8H2,1-2H3/t16-/m1/s1. The van der Waals surface area contributed by atoms with Crippen LogP contribution in [0.3, 0.4) is 0 Å². The first-order valence-electron chi connectivity index (χ1n) is 9.39. The Balaban J connectivity index is 1.77. The molecule has 1 saturated carbocycles. The zero-order valence-corrected chi connectivity index (χ0v) is 15.1. The predicted molar refractivity (Wildman–Crippen MR) is 103 cm³/mol. The van der Waals surface area contributed by atoms with Crippen molar-refractivity contribution in [2.45, 2.75) is 52.0 Å². The zero-order chi connectivity index (χ0) is 17.4. The van der Waals surface area contributed by atoms with Crippen LogP contribution in [0.25, 0.3) is 21.9 Å². The van der Waals surface area contributed by atoms with Gasteiger partial charge in [-0.15, -0.1) is 0 Å². The molecule has 0 amide bonds. The smallest absolute Gasteiger partial charge is 0.199 e. The van der Waals surface area contributed by atoms with Crippen molar-refractivity contribution >= 4 is 10.8 Å². The van der Waals surface area contributed by atoms with E-state index in [0.717, 1.165) is 27.5 Å². The number of pyridine rings is 1. The van der Waals surface area contributed by atoms with Gasteiger partial charge in [0.25, 0.3) is 0 Å². The van der Waals surface area contributed by atoms with E-state index >= 15 is 0 Å². The Kier molecular flexibility index (Phi) is 4.24. The van der Waals surface area contributed by atoms with Gasteiger partial charge in [0.15, 0.2) is 5.88 Å². The second-order valence-corrected chi connectivity index (χ2v) is 7.50. The highest BCUT2D eigenvalue weighted by molar-refractivity contribution is 5.94. The van der Waals surface area contributed by atoms with E-state index in [0.29, 0.717) is 17.8 Å². The highest BCUT2D eigenvalue weighted by Crippen LogP contribution is 2.40. The van der Waals surface area contributed by atoms with Gasteiger partial charge < -0.3 is 9.67 Å². The molecule has 1 N–H and O–H groups in total. The maximum atomic E-state index is 10.9. The van der Waals surface area contributed by atoms with Gasteiger partial charge >= 0.3 is 0 Å². The Labute approximate surface area is 149 Å². The summed E-state index contributed by atoms with van der Waals surface area (Å²) in [5, 5.41) is 13.0. The SMILES string of the molecule is Cc1cc(-c2cccnc2)cc2cn([C@H](C)C3CCCCC3)c(O)c12. The van der Waals surface area contributed by atoms with Gasteiger partial charge in [-0.1, -0.05) is 31.4 Å². The van der Waals surface area contributed by atoms with Gasteiger partial charge in [0.05, 0.1) is 0 Å². The van der Waals surface area contributed by atoms with Crippen LogP contribution >= 0.6 is 0 Å². The third kappa shape index (κ3) is 2.92. The van der Waals surface area contributed by atoms with Crippen molar-refractivity contribution in [2.75, 3.05) is 0 Å². The van der Waals surface area contributed by atoms with Gasteiger partial charge in [-0.25, -0.2) is 0 Å². The number of aryl methyl sites for hydroxylation is 1. The first kappa shape index (κ1) is 16.2. The monoisotopic (exact) mass is 334 g/mol. The molecule has 0 spiro atoms. The van der Waals surface area contributed by atoms with E-state index in [4.69, 9.17) is 0 Å². The Morgan fingerprint density at radius 3 is 2.68 bits per heavy atom. The number of aromatic hydroxyl groups is 1. The van der Waals surface area contributed by atoms with Crippen LogP contribution in [-0.2, 0) is 0 Å². The number of hydrogen-bond donors (Lipinski definition) is 1. The number of fused-ring (bicyclic) bond motifs is 1. The summed E-state index contributed by atoms with van der Waals surface area (Å²) < 4.78 is 2.10. The Morgan fingerprint density at radius 1 is 1.16 bits per heavy atom. The summed E-state index contributed by atoms with van der Waals surface area (Å²) in [5.41, 5.74) is 3.38. The second-order valence-electron chi connectivity index (χ2n) is 7.50. The van der Waals surface area contributed by atoms with Gasteiger partial charge in [-0.05, 0) is 55.9 Å². The van der Waals surface area contributed by atoms with Crippen LogP contribution in [0, 0.1) is 12.8 Å². The molecule has 3 heteroatoms. The summed E-state index contributed by atoms with van der Waals surface area (Å²) in [7, 11) is 0. The van der Waals surface area contributed by atoms with Gasteiger partial charge in [-0.3, -0.25) is 4.98 Å². The minimum atomic E-state index is 0.342. The zero-order valence-electron chi connectivity index (χ0n) is 15.1. The second kappa shape index (κ2) is 6.55. The number of benzene rings is 1. The quantitative estimate of drug-likeness (QED) is 0.651. The molecular weight excluding hydrogens is 308 g/mol. The van der Waals surface area contributed by atoms with Gasteiger partial charge in [0.2, 0.25) is 0 Å². The molecule has 1 fully saturated rings. The summed E-state index contributed by atoms with van der Waals surface area (Å²) in [4.78, 5) is 4.23. The summed E-state index contributed by atoms with van der Waals surface area (Å²) in [6.45, 7) is 4.34. The van der Waals surface area contributed by atoms with E-state index in [9.17, 15) is 5.11 Å². The van der Waals surface area contributed by atoms with Crippen molar-refractivity contribution in [2.24, 2.45) is 5.92 Å². The molecule has 25 heavy (non-hydrogen) atoms. The maximum absolute atomic E-state index is 10.9. The summed E-state index contributed by atoms with van der Waals surface area (Å²) in [6.07, 6.45) is 12.4. The molecule has 0 radical (unpaired) electrons. The normalized spacial score (nSPS) is 17.0. The number of nitrogens with zero attached hydrogens (tertiary/aromatic N) is 2. The van der Waals surface area contributed by atoms with E-state index in [1.807, 2.05) is 12.3 Å². The van der Waals surface area contributed by atoms with E-state index in [-0.39, 0.29) is 0 Å². The van der Waals surface area contributed by atoms with E-state index in [2.05, 4.69) is 47.8 Å². The fourth-order valence-electron chi connectivity index (χ4n) is 4.42. The van der Waals surface area contributed by atoms with E-state index in [1.54, 1.807) is 6.20 Å². The van der Waals surface area contributed by atoms with Gasteiger partial charge in [0.1, 0.15) is 0 Å². The minimum absolute atomic E-state index is 0.342. The van der Waals surface area contributed by atoms with Crippen molar-refractivity contribution in [1.82, 2.24) is 9.55 Å². The lowest BCUT2D eigenvalue weighted by Gasteiger charge is -2.29. The first-order chi connectivity index (χ1) is 12.1. The van der Waals surface area contributed by atoms with Crippen LogP contribution in [0.1, 0.15) is 50.6 Å². The summed E-state index contributed by atoms with van der Waals surface area (Å²) >= 11 is 0. The van der Waals surface area contributed by atoms with Crippen LogP contribution in [0.2, 0.25) is 0 Å². The molecule has 3 aromatic rings. The lowest BCUT2D eigenvalue weighted by atomic mass is 9.84. The minimum Gasteiger partial charge on any atom is -0.494 e. The number of hydrogen-bond acceptors (Lipinski definition) is 2. The van der Waals surface area contributed by atoms with Crippen LogP contribution in [0.5, 0.6) is 5.88 Å². The summed E-state index contributed by atoms with van der Waals surface area (Å²) in [6, 6.07) is 8.70. The highest BCUT2D eigenvalue weighted by Gasteiger charge is 2.24. The number of rotatable bonds is 3. The van der Waals surface area contributed by atoms with Crippen LogP contribution in [0.4, 0.5) is 0 Å². The van der Waals surface area contributed by atoms with Crippen LogP contribution in [0.15, 0.2) is 42.9 Å². The van der Waals surface area contributed by atoms with Crippen LogP contribution < -0.4 is 0 Å². The fraction of sp³-hybridized carbons (Fsp3) is 0.409. The fourth-order valence-corrected chi connectivity index (χ4v) is 4.42. The van der Waals surface area contributed by atoms with Gasteiger partial charge in [0, 0.05) is 41.0 Å².